The number of aryl methyl sites for hydroxylation is 1. The van der Waals surface area contributed by atoms with Gasteiger partial charge in [0.15, 0.2) is 0 Å². The Morgan fingerprint density at radius 3 is 3.11 bits per heavy atom. The molecule has 0 bridgehead atoms. The fraction of sp³-hybridized carbons (Fsp3) is 0.286. The summed E-state index contributed by atoms with van der Waals surface area (Å²) in [5.74, 6) is -0.144. The van der Waals surface area contributed by atoms with Crippen LogP contribution in [0.3, 0.4) is 0 Å². The summed E-state index contributed by atoms with van der Waals surface area (Å²) >= 11 is 1.79. The Hall–Kier alpha value is -1.88. The second kappa shape index (κ2) is 4.66. The summed E-state index contributed by atoms with van der Waals surface area (Å²) in [7, 11) is 0. The third-order valence-electron chi connectivity index (χ3n) is 3.32. The van der Waals surface area contributed by atoms with Gasteiger partial charge < -0.3 is 10.0 Å². The molecule has 0 aromatic carbocycles. The Morgan fingerprint density at radius 2 is 2.32 bits per heavy atom. The van der Waals surface area contributed by atoms with E-state index < -0.39 is 5.97 Å². The van der Waals surface area contributed by atoms with Crippen LogP contribution in [-0.4, -0.2) is 22.6 Å². The molecule has 0 fully saturated rings. The van der Waals surface area contributed by atoms with E-state index in [0.29, 0.717) is 5.56 Å². The van der Waals surface area contributed by atoms with Crippen molar-refractivity contribution in [3.8, 4) is 0 Å². The van der Waals surface area contributed by atoms with Crippen LogP contribution in [0.5, 0.6) is 0 Å². The lowest BCUT2D eigenvalue weighted by molar-refractivity contribution is 0.0696. The monoisotopic (exact) mass is 274 g/mol. The molecule has 3 rings (SSSR count). The molecular weight excluding hydrogens is 260 g/mol. The van der Waals surface area contributed by atoms with Crippen LogP contribution < -0.4 is 4.90 Å². The van der Waals surface area contributed by atoms with Gasteiger partial charge >= 0.3 is 5.97 Å². The molecule has 4 nitrogen and oxygen atoms in total. The number of hydrogen-bond acceptors (Lipinski definition) is 4. The quantitative estimate of drug-likeness (QED) is 0.915. The molecular formula is C14H14N2O2S. The van der Waals surface area contributed by atoms with Crippen molar-refractivity contribution in [1.82, 2.24) is 4.98 Å². The van der Waals surface area contributed by atoms with Gasteiger partial charge in [-0.1, -0.05) is 0 Å². The number of anilines is 1. The number of carboxylic acid groups (broad SMARTS) is 1. The minimum atomic E-state index is -0.903. The van der Waals surface area contributed by atoms with Crippen LogP contribution in [0.25, 0.3) is 0 Å². The first-order chi connectivity index (χ1) is 9.13. The highest BCUT2D eigenvalue weighted by Gasteiger charge is 2.19. The van der Waals surface area contributed by atoms with E-state index in [0.717, 1.165) is 31.0 Å². The van der Waals surface area contributed by atoms with E-state index in [1.165, 1.54) is 10.4 Å². The number of carboxylic acids is 1. The average Bonchev–Trinajstić information content (AvgIpc) is 2.85. The maximum atomic E-state index is 11.1. The highest BCUT2D eigenvalue weighted by atomic mass is 32.1. The SMILES string of the molecule is Cc1cc(C(=O)O)cc(N2CCc3sccc3C2)n1. The second-order valence-electron chi connectivity index (χ2n) is 4.70. The molecule has 0 atom stereocenters. The van der Waals surface area contributed by atoms with Gasteiger partial charge in [-0.3, -0.25) is 0 Å². The number of carbonyl (C=O) groups is 1. The summed E-state index contributed by atoms with van der Waals surface area (Å²) in [5, 5.41) is 11.2. The van der Waals surface area contributed by atoms with Crippen molar-refractivity contribution >= 4 is 23.1 Å². The van der Waals surface area contributed by atoms with Crippen LogP contribution in [0.4, 0.5) is 5.82 Å². The number of aromatic nitrogens is 1. The maximum absolute atomic E-state index is 11.1. The highest BCUT2D eigenvalue weighted by molar-refractivity contribution is 7.10. The average molecular weight is 274 g/mol. The first-order valence-corrected chi connectivity index (χ1v) is 7.03. The van der Waals surface area contributed by atoms with Crippen molar-refractivity contribution < 1.29 is 9.90 Å². The number of aromatic carboxylic acids is 1. The van der Waals surface area contributed by atoms with Crippen molar-refractivity contribution in [3.63, 3.8) is 0 Å². The molecule has 0 saturated carbocycles. The van der Waals surface area contributed by atoms with E-state index in [1.807, 2.05) is 6.92 Å². The molecule has 1 N–H and O–H groups in total. The standard InChI is InChI=1S/C14H14N2O2S/c1-9-6-11(14(17)18)7-13(15-9)16-4-2-12-10(8-16)3-5-19-12/h3,5-7H,2,4,8H2,1H3,(H,17,18). The largest absolute Gasteiger partial charge is 0.478 e. The van der Waals surface area contributed by atoms with Crippen LogP contribution in [-0.2, 0) is 13.0 Å². The van der Waals surface area contributed by atoms with Crippen molar-refractivity contribution in [3.05, 3.63) is 45.3 Å². The number of thiophene rings is 1. The normalized spacial score (nSPS) is 14.3. The highest BCUT2D eigenvalue weighted by Crippen LogP contribution is 2.27. The lowest BCUT2D eigenvalue weighted by Crippen LogP contribution is -2.30. The van der Waals surface area contributed by atoms with E-state index in [1.54, 1.807) is 23.5 Å². The molecule has 3 heterocycles. The van der Waals surface area contributed by atoms with Crippen molar-refractivity contribution in [2.75, 3.05) is 11.4 Å². The van der Waals surface area contributed by atoms with Gasteiger partial charge in [-0.2, -0.15) is 0 Å². The molecule has 0 spiro atoms. The van der Waals surface area contributed by atoms with E-state index in [-0.39, 0.29) is 0 Å². The van der Waals surface area contributed by atoms with Crippen molar-refractivity contribution in [2.24, 2.45) is 0 Å². The Bertz CT molecular complexity index is 636. The van der Waals surface area contributed by atoms with E-state index in [4.69, 9.17) is 5.11 Å². The molecule has 2 aromatic rings. The second-order valence-corrected chi connectivity index (χ2v) is 5.70. The van der Waals surface area contributed by atoms with Gasteiger partial charge in [0.2, 0.25) is 0 Å². The minimum Gasteiger partial charge on any atom is -0.478 e. The molecule has 1 aliphatic heterocycles. The number of pyridine rings is 1. The topological polar surface area (TPSA) is 53.4 Å². The fourth-order valence-corrected chi connectivity index (χ4v) is 3.27. The van der Waals surface area contributed by atoms with E-state index >= 15 is 0 Å². The molecule has 2 aromatic heterocycles. The van der Waals surface area contributed by atoms with Crippen LogP contribution in [0.1, 0.15) is 26.5 Å². The fourth-order valence-electron chi connectivity index (χ4n) is 2.38. The summed E-state index contributed by atoms with van der Waals surface area (Å²) < 4.78 is 0. The number of rotatable bonds is 2. The molecule has 0 unspecified atom stereocenters. The zero-order chi connectivity index (χ0) is 13.4. The molecule has 98 valence electrons. The predicted molar refractivity (Wildman–Crippen MR) is 75.0 cm³/mol. The Labute approximate surface area is 115 Å². The van der Waals surface area contributed by atoms with Crippen LogP contribution in [0, 0.1) is 6.92 Å². The molecule has 5 heteroatoms. The Kier molecular flexibility index (Phi) is 2.98. The number of fused-ring (bicyclic) bond motifs is 1. The summed E-state index contributed by atoms with van der Waals surface area (Å²) in [6.45, 7) is 3.53. The van der Waals surface area contributed by atoms with Gasteiger partial charge in [0, 0.05) is 23.7 Å². The van der Waals surface area contributed by atoms with Gasteiger partial charge in [-0.15, -0.1) is 11.3 Å². The van der Waals surface area contributed by atoms with Gasteiger partial charge in [-0.25, -0.2) is 9.78 Å². The molecule has 0 saturated heterocycles. The van der Waals surface area contributed by atoms with Gasteiger partial charge in [0.05, 0.1) is 5.56 Å². The Morgan fingerprint density at radius 1 is 1.47 bits per heavy atom. The van der Waals surface area contributed by atoms with Crippen LogP contribution in [0.2, 0.25) is 0 Å². The van der Waals surface area contributed by atoms with Crippen molar-refractivity contribution in [1.29, 1.82) is 0 Å². The zero-order valence-electron chi connectivity index (χ0n) is 10.6. The number of nitrogens with zero attached hydrogens (tertiary/aromatic N) is 2. The molecule has 0 aliphatic carbocycles. The van der Waals surface area contributed by atoms with Crippen LogP contribution in [0.15, 0.2) is 23.6 Å². The van der Waals surface area contributed by atoms with Crippen LogP contribution >= 0.6 is 11.3 Å². The summed E-state index contributed by atoms with van der Waals surface area (Å²) in [4.78, 5) is 19.1. The lowest BCUT2D eigenvalue weighted by Gasteiger charge is -2.28. The smallest absolute Gasteiger partial charge is 0.335 e. The summed E-state index contributed by atoms with van der Waals surface area (Å²) in [5.41, 5.74) is 2.38. The van der Waals surface area contributed by atoms with E-state index in [9.17, 15) is 4.79 Å². The summed E-state index contributed by atoms with van der Waals surface area (Å²) in [6.07, 6.45) is 1.00. The van der Waals surface area contributed by atoms with Crippen molar-refractivity contribution in [2.45, 2.75) is 19.9 Å². The minimum absolute atomic E-state index is 0.304. The third kappa shape index (κ3) is 2.33. The molecule has 1 aliphatic rings. The van der Waals surface area contributed by atoms with Gasteiger partial charge in [0.1, 0.15) is 5.82 Å². The predicted octanol–water partition coefficient (Wildman–Crippen LogP) is 2.71. The maximum Gasteiger partial charge on any atom is 0.335 e. The van der Waals surface area contributed by atoms with Gasteiger partial charge in [0.25, 0.3) is 0 Å². The van der Waals surface area contributed by atoms with E-state index in [2.05, 4.69) is 21.3 Å². The third-order valence-corrected chi connectivity index (χ3v) is 4.34. The molecule has 0 amide bonds. The summed E-state index contributed by atoms with van der Waals surface area (Å²) in [6, 6.07) is 5.40. The molecule has 0 radical (unpaired) electrons. The lowest BCUT2D eigenvalue weighted by atomic mass is 10.1. The zero-order valence-corrected chi connectivity index (χ0v) is 11.4. The number of hydrogen-bond donors (Lipinski definition) is 1. The Balaban J connectivity index is 1.93. The molecule has 19 heavy (non-hydrogen) atoms. The first-order valence-electron chi connectivity index (χ1n) is 6.15. The van der Waals surface area contributed by atoms with Gasteiger partial charge in [-0.05, 0) is 42.5 Å². The first kappa shape index (κ1) is 12.2.